The molecule has 176 valence electrons. The molecule has 3 aliphatic rings. The van der Waals surface area contributed by atoms with Gasteiger partial charge in [0, 0.05) is 22.6 Å². The number of hydrogen-bond acceptors (Lipinski definition) is 5. The molecule has 3 aliphatic heterocycles. The number of rotatable bonds is 3. The van der Waals surface area contributed by atoms with Crippen molar-refractivity contribution in [3.05, 3.63) is 90.0 Å². The molecule has 2 atom stereocenters. The van der Waals surface area contributed by atoms with Crippen LogP contribution in [0.4, 0.5) is 10.5 Å². The molecule has 0 radical (unpaired) electrons. The highest BCUT2D eigenvalue weighted by molar-refractivity contribution is 7.99. The molecule has 4 amide bonds. The molecule has 0 aromatic heterocycles. The number of urea groups is 1. The number of thioether (sulfide) groups is 1. The number of nitrogens with one attached hydrogen (secondary N) is 1. The number of ether oxygens (including phenoxy) is 1. The SMILES string of the molecule is O=C1NC2(CCOc3ccccc32)C(=O)N1CC(=O)N1c2ccccc2SCC1c1ccccc1. The first-order valence-electron chi connectivity index (χ1n) is 11.5. The zero-order valence-corrected chi connectivity index (χ0v) is 19.7. The predicted octanol–water partition coefficient (Wildman–Crippen LogP) is 4.10. The van der Waals surface area contributed by atoms with E-state index in [1.165, 1.54) is 0 Å². The summed E-state index contributed by atoms with van der Waals surface area (Å²) in [4.78, 5) is 44.4. The van der Waals surface area contributed by atoms with Gasteiger partial charge in [-0.15, -0.1) is 11.8 Å². The molecule has 8 heteroatoms. The normalized spacial score (nSPS) is 22.9. The topological polar surface area (TPSA) is 79.0 Å². The zero-order valence-electron chi connectivity index (χ0n) is 18.8. The van der Waals surface area contributed by atoms with Gasteiger partial charge in [-0.2, -0.15) is 0 Å². The van der Waals surface area contributed by atoms with Gasteiger partial charge in [-0.3, -0.25) is 14.5 Å². The Bertz CT molecular complexity index is 1330. The number of hydrogen-bond donors (Lipinski definition) is 1. The third-order valence-electron chi connectivity index (χ3n) is 6.84. The van der Waals surface area contributed by atoms with E-state index in [4.69, 9.17) is 4.74 Å². The second-order valence-corrected chi connectivity index (χ2v) is 9.85. The van der Waals surface area contributed by atoms with Crippen LogP contribution in [0, 0.1) is 0 Å². The van der Waals surface area contributed by atoms with Gasteiger partial charge in [0.1, 0.15) is 12.3 Å². The molecule has 3 heterocycles. The van der Waals surface area contributed by atoms with Gasteiger partial charge in [-0.25, -0.2) is 4.79 Å². The Labute approximate surface area is 207 Å². The first-order valence-corrected chi connectivity index (χ1v) is 12.5. The summed E-state index contributed by atoms with van der Waals surface area (Å²) >= 11 is 1.70. The van der Waals surface area contributed by atoms with Crippen molar-refractivity contribution in [2.24, 2.45) is 0 Å². The minimum Gasteiger partial charge on any atom is -0.493 e. The van der Waals surface area contributed by atoms with Gasteiger partial charge in [0.2, 0.25) is 5.91 Å². The van der Waals surface area contributed by atoms with E-state index in [0.29, 0.717) is 30.1 Å². The van der Waals surface area contributed by atoms with Gasteiger partial charge >= 0.3 is 6.03 Å². The van der Waals surface area contributed by atoms with Crippen molar-refractivity contribution in [2.75, 3.05) is 23.8 Å². The summed E-state index contributed by atoms with van der Waals surface area (Å²) in [7, 11) is 0. The summed E-state index contributed by atoms with van der Waals surface area (Å²) in [6.45, 7) is -0.0323. The number of fused-ring (bicyclic) bond motifs is 3. The summed E-state index contributed by atoms with van der Waals surface area (Å²) in [5.74, 6) is 0.545. The third kappa shape index (κ3) is 3.47. The molecule has 0 bridgehead atoms. The van der Waals surface area contributed by atoms with Gasteiger partial charge in [-0.1, -0.05) is 60.7 Å². The highest BCUT2D eigenvalue weighted by atomic mass is 32.2. The van der Waals surface area contributed by atoms with Crippen LogP contribution in [-0.2, 0) is 15.1 Å². The lowest BCUT2D eigenvalue weighted by Crippen LogP contribution is -2.49. The lowest BCUT2D eigenvalue weighted by atomic mass is 9.84. The van der Waals surface area contributed by atoms with E-state index in [0.717, 1.165) is 21.0 Å². The van der Waals surface area contributed by atoms with Crippen LogP contribution in [0.5, 0.6) is 5.75 Å². The summed E-state index contributed by atoms with van der Waals surface area (Å²) < 4.78 is 5.71. The lowest BCUT2D eigenvalue weighted by Gasteiger charge is -2.38. The number of para-hydroxylation sites is 2. The minimum atomic E-state index is -1.21. The molecule has 1 spiro atoms. The van der Waals surface area contributed by atoms with Gasteiger partial charge in [0.15, 0.2) is 5.54 Å². The minimum absolute atomic E-state index is 0.206. The maximum Gasteiger partial charge on any atom is 0.325 e. The van der Waals surface area contributed by atoms with Crippen LogP contribution >= 0.6 is 11.8 Å². The molecular weight excluding hydrogens is 462 g/mol. The molecule has 0 aliphatic carbocycles. The van der Waals surface area contributed by atoms with Crippen molar-refractivity contribution in [3.8, 4) is 5.75 Å². The average molecular weight is 486 g/mol. The fraction of sp³-hybridized carbons (Fsp3) is 0.222. The molecule has 3 aromatic rings. The molecule has 3 aromatic carbocycles. The molecule has 1 N–H and O–H groups in total. The van der Waals surface area contributed by atoms with Crippen molar-refractivity contribution >= 4 is 35.3 Å². The van der Waals surface area contributed by atoms with Gasteiger partial charge in [-0.05, 0) is 23.8 Å². The molecule has 7 nitrogen and oxygen atoms in total. The van der Waals surface area contributed by atoms with E-state index in [1.54, 1.807) is 28.8 Å². The second kappa shape index (κ2) is 8.46. The third-order valence-corrected chi connectivity index (χ3v) is 7.98. The largest absolute Gasteiger partial charge is 0.493 e. The number of carbonyl (C=O) groups excluding carboxylic acids is 3. The number of imide groups is 1. The summed E-state index contributed by atoms with van der Waals surface area (Å²) in [6.07, 6.45) is 0.315. The Morgan fingerprint density at radius 2 is 1.74 bits per heavy atom. The van der Waals surface area contributed by atoms with Crippen LogP contribution in [0.3, 0.4) is 0 Å². The Hall–Kier alpha value is -3.78. The van der Waals surface area contributed by atoms with Crippen molar-refractivity contribution in [1.82, 2.24) is 10.2 Å². The van der Waals surface area contributed by atoms with E-state index < -0.39 is 17.5 Å². The Morgan fingerprint density at radius 1 is 1.00 bits per heavy atom. The average Bonchev–Trinajstić information content (AvgIpc) is 3.13. The van der Waals surface area contributed by atoms with E-state index in [1.807, 2.05) is 66.7 Å². The second-order valence-electron chi connectivity index (χ2n) is 8.79. The quantitative estimate of drug-likeness (QED) is 0.566. The van der Waals surface area contributed by atoms with Gasteiger partial charge < -0.3 is 15.0 Å². The summed E-state index contributed by atoms with van der Waals surface area (Å²) in [5, 5.41) is 2.88. The molecule has 2 unspecified atom stereocenters. The summed E-state index contributed by atoms with van der Waals surface area (Å²) in [5.41, 5.74) is 1.22. The van der Waals surface area contributed by atoms with Crippen molar-refractivity contribution in [2.45, 2.75) is 22.9 Å². The lowest BCUT2D eigenvalue weighted by molar-refractivity contribution is -0.135. The first-order chi connectivity index (χ1) is 17.1. The number of carbonyl (C=O) groups is 3. The smallest absolute Gasteiger partial charge is 0.325 e. The molecular formula is C27H23N3O4S. The molecule has 35 heavy (non-hydrogen) atoms. The Balaban J connectivity index is 1.33. The monoisotopic (exact) mass is 485 g/mol. The maximum atomic E-state index is 13.8. The van der Waals surface area contributed by atoms with Gasteiger partial charge in [0.05, 0.1) is 18.3 Å². The van der Waals surface area contributed by atoms with E-state index >= 15 is 0 Å². The zero-order chi connectivity index (χ0) is 24.0. The van der Waals surface area contributed by atoms with E-state index in [-0.39, 0.29) is 18.5 Å². The molecule has 1 fully saturated rings. The van der Waals surface area contributed by atoms with Crippen LogP contribution < -0.4 is 15.0 Å². The van der Waals surface area contributed by atoms with Crippen molar-refractivity contribution in [1.29, 1.82) is 0 Å². The Morgan fingerprint density at radius 3 is 2.60 bits per heavy atom. The maximum absolute atomic E-state index is 13.8. The molecule has 1 saturated heterocycles. The number of anilines is 1. The number of amides is 4. The number of benzene rings is 3. The van der Waals surface area contributed by atoms with E-state index in [9.17, 15) is 14.4 Å². The van der Waals surface area contributed by atoms with Crippen molar-refractivity contribution < 1.29 is 19.1 Å². The molecule has 0 saturated carbocycles. The highest BCUT2D eigenvalue weighted by Gasteiger charge is 2.55. The van der Waals surface area contributed by atoms with Gasteiger partial charge in [0.25, 0.3) is 5.91 Å². The molecule has 6 rings (SSSR count). The summed E-state index contributed by atoms with van der Waals surface area (Å²) in [6, 6.07) is 24.1. The van der Waals surface area contributed by atoms with Crippen LogP contribution in [0.1, 0.15) is 23.6 Å². The van der Waals surface area contributed by atoms with Crippen molar-refractivity contribution in [3.63, 3.8) is 0 Å². The fourth-order valence-corrected chi connectivity index (χ4v) is 6.31. The van der Waals surface area contributed by atoms with Crippen LogP contribution in [0.2, 0.25) is 0 Å². The van der Waals surface area contributed by atoms with Crippen LogP contribution in [0.25, 0.3) is 0 Å². The first kappa shape index (κ1) is 21.7. The Kier molecular flexibility index (Phi) is 5.25. The fourth-order valence-electron chi connectivity index (χ4n) is 5.14. The predicted molar refractivity (Wildman–Crippen MR) is 132 cm³/mol. The number of nitrogens with zero attached hydrogens (tertiary/aromatic N) is 2. The highest BCUT2D eigenvalue weighted by Crippen LogP contribution is 2.44. The van der Waals surface area contributed by atoms with Crippen LogP contribution in [-0.4, -0.2) is 41.6 Å². The standard InChI is InChI=1S/C27H23N3O4S/c31-24(30-20-11-5-7-13-23(20)35-17-21(30)18-8-2-1-3-9-18)16-29-25(32)27(28-26(29)33)14-15-34-22-12-6-4-10-19(22)27/h1-13,21H,14-17H2,(H,28,33). The van der Waals surface area contributed by atoms with E-state index in [2.05, 4.69) is 5.32 Å². The van der Waals surface area contributed by atoms with Crippen LogP contribution in [0.15, 0.2) is 83.8 Å².